The SMILES string of the molecule is COc1ccc(C2C(CN)CCN2C2CC2)cc1C. The van der Waals surface area contributed by atoms with Gasteiger partial charge in [0.25, 0.3) is 0 Å². The van der Waals surface area contributed by atoms with Crippen LogP contribution in [0.25, 0.3) is 0 Å². The molecule has 1 heterocycles. The average Bonchev–Trinajstić information content (AvgIpc) is 3.18. The van der Waals surface area contributed by atoms with E-state index in [1.165, 1.54) is 36.9 Å². The van der Waals surface area contributed by atoms with Crippen molar-refractivity contribution < 1.29 is 4.74 Å². The smallest absolute Gasteiger partial charge is 0.121 e. The zero-order chi connectivity index (χ0) is 13.4. The van der Waals surface area contributed by atoms with Gasteiger partial charge in [-0.25, -0.2) is 0 Å². The number of rotatable bonds is 4. The maximum atomic E-state index is 5.99. The molecule has 1 aromatic carbocycles. The van der Waals surface area contributed by atoms with Crippen molar-refractivity contribution in [3.63, 3.8) is 0 Å². The van der Waals surface area contributed by atoms with Crippen molar-refractivity contribution >= 4 is 0 Å². The third-order valence-electron chi connectivity index (χ3n) is 4.64. The molecule has 2 N–H and O–H groups in total. The summed E-state index contributed by atoms with van der Waals surface area (Å²) in [6, 6.07) is 7.93. The monoisotopic (exact) mass is 260 g/mol. The maximum Gasteiger partial charge on any atom is 0.121 e. The number of aryl methyl sites for hydroxylation is 1. The molecule has 0 spiro atoms. The molecular formula is C16H24N2O. The predicted octanol–water partition coefficient (Wildman–Crippen LogP) is 2.49. The number of methoxy groups -OCH3 is 1. The van der Waals surface area contributed by atoms with E-state index in [0.717, 1.165) is 18.3 Å². The van der Waals surface area contributed by atoms with Crippen molar-refractivity contribution in [2.24, 2.45) is 11.7 Å². The Morgan fingerprint density at radius 3 is 2.68 bits per heavy atom. The van der Waals surface area contributed by atoms with Crippen LogP contribution >= 0.6 is 0 Å². The zero-order valence-electron chi connectivity index (χ0n) is 11.9. The summed E-state index contributed by atoms with van der Waals surface area (Å²) in [5.41, 5.74) is 8.62. The zero-order valence-corrected chi connectivity index (χ0v) is 11.9. The Balaban J connectivity index is 1.90. The highest BCUT2D eigenvalue weighted by Gasteiger charge is 2.42. The van der Waals surface area contributed by atoms with Gasteiger partial charge in [0, 0.05) is 12.1 Å². The van der Waals surface area contributed by atoms with Gasteiger partial charge in [-0.15, -0.1) is 0 Å². The van der Waals surface area contributed by atoms with Crippen molar-refractivity contribution in [3.8, 4) is 5.75 Å². The first-order chi connectivity index (χ1) is 9.24. The summed E-state index contributed by atoms with van der Waals surface area (Å²) in [6.45, 7) is 4.12. The molecule has 2 atom stereocenters. The summed E-state index contributed by atoms with van der Waals surface area (Å²) in [5, 5.41) is 0. The Morgan fingerprint density at radius 2 is 2.11 bits per heavy atom. The molecule has 104 valence electrons. The minimum absolute atomic E-state index is 0.516. The average molecular weight is 260 g/mol. The summed E-state index contributed by atoms with van der Waals surface area (Å²) in [6.07, 6.45) is 3.97. The van der Waals surface area contributed by atoms with Gasteiger partial charge in [0.15, 0.2) is 0 Å². The Bertz CT molecular complexity index is 456. The molecule has 3 nitrogen and oxygen atoms in total. The summed E-state index contributed by atoms with van der Waals surface area (Å²) >= 11 is 0. The number of hydrogen-bond donors (Lipinski definition) is 1. The summed E-state index contributed by atoms with van der Waals surface area (Å²) in [7, 11) is 1.73. The number of hydrogen-bond acceptors (Lipinski definition) is 3. The second kappa shape index (κ2) is 5.14. The van der Waals surface area contributed by atoms with Crippen molar-refractivity contribution in [1.82, 2.24) is 4.90 Å². The number of ether oxygens (including phenoxy) is 1. The molecule has 0 bridgehead atoms. The Labute approximate surface area is 115 Å². The first-order valence-corrected chi connectivity index (χ1v) is 7.35. The summed E-state index contributed by atoms with van der Waals surface area (Å²) in [5.74, 6) is 1.58. The molecular weight excluding hydrogens is 236 g/mol. The highest BCUT2D eigenvalue weighted by atomic mass is 16.5. The molecule has 1 aromatic rings. The van der Waals surface area contributed by atoms with E-state index in [9.17, 15) is 0 Å². The lowest BCUT2D eigenvalue weighted by atomic mass is 9.92. The summed E-state index contributed by atoms with van der Waals surface area (Å²) < 4.78 is 5.36. The van der Waals surface area contributed by atoms with Crippen LogP contribution in [0, 0.1) is 12.8 Å². The van der Waals surface area contributed by atoms with Gasteiger partial charge in [0.05, 0.1) is 7.11 Å². The predicted molar refractivity (Wildman–Crippen MR) is 77.4 cm³/mol. The van der Waals surface area contributed by atoms with Gasteiger partial charge in [0.2, 0.25) is 0 Å². The second-order valence-electron chi connectivity index (χ2n) is 5.93. The molecule has 1 aliphatic carbocycles. The molecule has 3 heteroatoms. The highest BCUT2D eigenvalue weighted by Crippen LogP contribution is 2.44. The Kier molecular flexibility index (Phi) is 3.50. The number of nitrogens with two attached hydrogens (primary N) is 1. The third-order valence-corrected chi connectivity index (χ3v) is 4.64. The van der Waals surface area contributed by atoms with Crippen LogP contribution in [-0.4, -0.2) is 31.1 Å². The van der Waals surface area contributed by atoms with Gasteiger partial charge in [0.1, 0.15) is 5.75 Å². The van der Waals surface area contributed by atoms with E-state index in [-0.39, 0.29) is 0 Å². The van der Waals surface area contributed by atoms with Crippen LogP contribution in [0.5, 0.6) is 5.75 Å². The van der Waals surface area contributed by atoms with Crippen LogP contribution < -0.4 is 10.5 Å². The molecule has 0 amide bonds. The van der Waals surface area contributed by atoms with E-state index in [1.807, 2.05) is 0 Å². The van der Waals surface area contributed by atoms with E-state index in [4.69, 9.17) is 10.5 Å². The van der Waals surface area contributed by atoms with Gasteiger partial charge in [-0.2, -0.15) is 0 Å². The first-order valence-electron chi connectivity index (χ1n) is 7.35. The van der Waals surface area contributed by atoms with Crippen molar-refractivity contribution in [3.05, 3.63) is 29.3 Å². The van der Waals surface area contributed by atoms with E-state index in [0.29, 0.717) is 12.0 Å². The lowest BCUT2D eigenvalue weighted by Gasteiger charge is -2.28. The fourth-order valence-electron chi connectivity index (χ4n) is 3.49. The minimum Gasteiger partial charge on any atom is -0.496 e. The molecule has 1 aliphatic heterocycles. The maximum absolute atomic E-state index is 5.99. The number of nitrogens with zero attached hydrogens (tertiary/aromatic N) is 1. The van der Waals surface area contributed by atoms with Crippen molar-refractivity contribution in [2.75, 3.05) is 20.2 Å². The number of benzene rings is 1. The van der Waals surface area contributed by atoms with Gasteiger partial charge in [-0.3, -0.25) is 4.90 Å². The van der Waals surface area contributed by atoms with Crippen LogP contribution in [0.15, 0.2) is 18.2 Å². The minimum atomic E-state index is 0.516. The van der Waals surface area contributed by atoms with E-state index >= 15 is 0 Å². The highest BCUT2D eigenvalue weighted by molar-refractivity contribution is 5.38. The molecule has 2 aliphatic rings. The largest absolute Gasteiger partial charge is 0.496 e. The van der Waals surface area contributed by atoms with Crippen LogP contribution in [0.1, 0.15) is 36.4 Å². The first kappa shape index (κ1) is 12.9. The van der Waals surface area contributed by atoms with Crippen LogP contribution in [0.3, 0.4) is 0 Å². The molecule has 1 saturated heterocycles. The standard InChI is InChI=1S/C16H24N2O/c1-11-9-12(3-6-15(11)19-2)16-13(10-17)7-8-18(16)14-4-5-14/h3,6,9,13-14,16H,4-5,7-8,10,17H2,1-2H3. The molecule has 0 aromatic heterocycles. The van der Waals surface area contributed by atoms with Gasteiger partial charge >= 0.3 is 0 Å². The topological polar surface area (TPSA) is 38.5 Å². The van der Waals surface area contributed by atoms with Gasteiger partial charge < -0.3 is 10.5 Å². The Morgan fingerprint density at radius 1 is 1.32 bits per heavy atom. The number of likely N-dealkylation sites (tertiary alicyclic amines) is 1. The molecule has 2 fully saturated rings. The van der Waals surface area contributed by atoms with Crippen molar-refractivity contribution in [2.45, 2.75) is 38.3 Å². The van der Waals surface area contributed by atoms with Crippen LogP contribution in [0.4, 0.5) is 0 Å². The van der Waals surface area contributed by atoms with Gasteiger partial charge in [-0.1, -0.05) is 12.1 Å². The molecule has 0 radical (unpaired) electrons. The lowest BCUT2D eigenvalue weighted by molar-refractivity contribution is 0.220. The van der Waals surface area contributed by atoms with Gasteiger partial charge in [-0.05, 0) is 62.4 Å². The third kappa shape index (κ3) is 2.37. The lowest BCUT2D eigenvalue weighted by Crippen LogP contribution is -2.30. The second-order valence-corrected chi connectivity index (χ2v) is 5.93. The van der Waals surface area contributed by atoms with E-state index in [1.54, 1.807) is 7.11 Å². The van der Waals surface area contributed by atoms with Crippen molar-refractivity contribution in [1.29, 1.82) is 0 Å². The molecule has 1 saturated carbocycles. The fraction of sp³-hybridized carbons (Fsp3) is 0.625. The quantitative estimate of drug-likeness (QED) is 0.904. The van der Waals surface area contributed by atoms with E-state index in [2.05, 4.69) is 30.0 Å². The van der Waals surface area contributed by atoms with Crippen LogP contribution in [-0.2, 0) is 0 Å². The van der Waals surface area contributed by atoms with E-state index < -0.39 is 0 Å². The molecule has 2 unspecified atom stereocenters. The normalized spacial score (nSPS) is 27.7. The fourth-order valence-corrected chi connectivity index (χ4v) is 3.49. The van der Waals surface area contributed by atoms with Crippen LogP contribution in [0.2, 0.25) is 0 Å². The Hall–Kier alpha value is -1.06. The summed E-state index contributed by atoms with van der Waals surface area (Å²) in [4.78, 5) is 2.68. The molecule has 3 rings (SSSR count). The molecule has 19 heavy (non-hydrogen) atoms.